The Morgan fingerprint density at radius 3 is 2.23 bits per heavy atom. The van der Waals surface area contributed by atoms with E-state index in [1.165, 1.54) is 4.90 Å². The quantitative estimate of drug-likeness (QED) is 0.507. The van der Waals surface area contributed by atoms with Crippen LogP contribution in [0, 0.1) is 13.8 Å². The maximum atomic E-state index is 12.5. The molecule has 1 aromatic carbocycles. The van der Waals surface area contributed by atoms with Crippen LogP contribution in [0.15, 0.2) is 24.3 Å². The number of carbonyl (C=O) groups is 4. The average Bonchev–Trinajstić information content (AvgIpc) is 3.01. The maximum absolute atomic E-state index is 12.5. The van der Waals surface area contributed by atoms with Crippen molar-refractivity contribution in [3.05, 3.63) is 51.4 Å². The third kappa shape index (κ3) is 5.54. The Labute approximate surface area is 180 Å². The molecule has 0 bridgehead atoms. The van der Waals surface area contributed by atoms with Gasteiger partial charge in [0.05, 0.1) is 17.0 Å². The standard InChI is InChI=1S/C22H26N2O5S/c1-6-29-22(28)18-14(3)19(21(27)24(4)5)30-20(18)23-17(26)12-11-16(25)15-9-7-13(2)8-10-15/h7-10H,6,11-12H2,1-5H3,(H,23,26). The number of carbonyl (C=O) groups excluding carboxylic acids is 4. The van der Waals surface area contributed by atoms with Gasteiger partial charge in [0, 0.05) is 32.5 Å². The molecular weight excluding hydrogens is 404 g/mol. The summed E-state index contributed by atoms with van der Waals surface area (Å²) in [4.78, 5) is 51.3. The third-order valence-corrected chi connectivity index (χ3v) is 5.63. The van der Waals surface area contributed by atoms with E-state index in [1.807, 2.05) is 19.1 Å². The molecule has 7 nitrogen and oxygen atoms in total. The summed E-state index contributed by atoms with van der Waals surface area (Å²) in [7, 11) is 3.22. The van der Waals surface area contributed by atoms with Gasteiger partial charge in [-0.2, -0.15) is 0 Å². The molecule has 30 heavy (non-hydrogen) atoms. The molecule has 2 rings (SSSR count). The van der Waals surface area contributed by atoms with Gasteiger partial charge in [-0.25, -0.2) is 4.79 Å². The average molecular weight is 431 g/mol. The molecule has 0 fully saturated rings. The molecule has 0 radical (unpaired) electrons. The normalized spacial score (nSPS) is 10.4. The number of rotatable bonds is 8. The van der Waals surface area contributed by atoms with Gasteiger partial charge >= 0.3 is 5.97 Å². The van der Waals surface area contributed by atoms with Crippen LogP contribution in [0.5, 0.6) is 0 Å². The Morgan fingerprint density at radius 1 is 1.03 bits per heavy atom. The SMILES string of the molecule is CCOC(=O)c1c(NC(=O)CCC(=O)c2ccc(C)cc2)sc(C(=O)N(C)C)c1C. The molecule has 1 aromatic heterocycles. The van der Waals surface area contributed by atoms with Crippen molar-refractivity contribution in [2.45, 2.75) is 33.6 Å². The Morgan fingerprint density at radius 2 is 1.67 bits per heavy atom. The zero-order valence-corrected chi connectivity index (χ0v) is 18.6. The fraction of sp³-hybridized carbons (Fsp3) is 0.364. The minimum Gasteiger partial charge on any atom is -0.462 e. The molecule has 0 aliphatic carbocycles. The van der Waals surface area contributed by atoms with Gasteiger partial charge in [-0.15, -0.1) is 11.3 Å². The Bertz CT molecular complexity index is 961. The van der Waals surface area contributed by atoms with E-state index < -0.39 is 11.9 Å². The van der Waals surface area contributed by atoms with E-state index in [1.54, 1.807) is 40.1 Å². The molecule has 8 heteroatoms. The fourth-order valence-electron chi connectivity index (χ4n) is 2.76. The lowest BCUT2D eigenvalue weighted by atomic mass is 10.0. The van der Waals surface area contributed by atoms with Crippen LogP contribution in [0.3, 0.4) is 0 Å². The van der Waals surface area contributed by atoms with Crippen LogP contribution in [-0.2, 0) is 9.53 Å². The first-order valence-corrected chi connectivity index (χ1v) is 10.4. The smallest absolute Gasteiger partial charge is 0.341 e. The number of ether oxygens (including phenoxy) is 1. The van der Waals surface area contributed by atoms with Gasteiger partial charge in [0.15, 0.2) is 5.78 Å². The van der Waals surface area contributed by atoms with Crippen LogP contribution in [-0.4, -0.2) is 49.2 Å². The summed E-state index contributed by atoms with van der Waals surface area (Å²) in [6, 6.07) is 7.15. The second-order valence-electron chi connectivity index (χ2n) is 7.02. The van der Waals surface area contributed by atoms with Crippen molar-refractivity contribution in [3.63, 3.8) is 0 Å². The molecule has 0 saturated heterocycles. The van der Waals surface area contributed by atoms with Crippen LogP contribution < -0.4 is 5.32 Å². The summed E-state index contributed by atoms with van der Waals surface area (Å²) in [5, 5.41) is 2.93. The number of thiophene rings is 1. The molecule has 160 valence electrons. The summed E-state index contributed by atoms with van der Waals surface area (Å²) in [6.07, 6.45) is 0.000357. The van der Waals surface area contributed by atoms with E-state index >= 15 is 0 Å². The number of Topliss-reactive ketones (excluding diaryl/α,β-unsaturated/α-hetero) is 1. The fourth-order valence-corrected chi connectivity index (χ4v) is 3.99. The van der Waals surface area contributed by atoms with Gasteiger partial charge in [-0.1, -0.05) is 29.8 Å². The highest BCUT2D eigenvalue weighted by Gasteiger charge is 2.27. The molecule has 0 aliphatic rings. The van der Waals surface area contributed by atoms with E-state index in [9.17, 15) is 19.2 Å². The van der Waals surface area contributed by atoms with Crippen molar-refractivity contribution in [2.75, 3.05) is 26.0 Å². The zero-order chi connectivity index (χ0) is 22.4. The number of ketones is 1. The van der Waals surface area contributed by atoms with E-state index in [4.69, 9.17) is 4.74 Å². The summed E-state index contributed by atoms with van der Waals surface area (Å²) in [6.45, 7) is 5.43. The number of anilines is 1. The second kappa shape index (κ2) is 10.2. The monoisotopic (exact) mass is 430 g/mol. The highest BCUT2D eigenvalue weighted by molar-refractivity contribution is 7.18. The van der Waals surface area contributed by atoms with Crippen LogP contribution in [0.4, 0.5) is 5.00 Å². The van der Waals surface area contributed by atoms with Crippen molar-refractivity contribution in [1.82, 2.24) is 4.90 Å². The molecule has 0 unspecified atom stereocenters. The first-order chi connectivity index (χ1) is 14.1. The van der Waals surface area contributed by atoms with Crippen molar-refractivity contribution < 1.29 is 23.9 Å². The lowest BCUT2D eigenvalue weighted by molar-refractivity contribution is -0.116. The molecule has 2 aromatic rings. The number of aryl methyl sites for hydroxylation is 1. The minimum atomic E-state index is -0.602. The van der Waals surface area contributed by atoms with E-state index in [-0.39, 0.29) is 41.7 Å². The van der Waals surface area contributed by atoms with Crippen LogP contribution >= 0.6 is 11.3 Å². The van der Waals surface area contributed by atoms with Gasteiger partial charge in [0.2, 0.25) is 5.91 Å². The number of hydrogen-bond donors (Lipinski definition) is 1. The Kier molecular flexibility index (Phi) is 7.88. The summed E-state index contributed by atoms with van der Waals surface area (Å²) >= 11 is 1.03. The Hall–Kier alpha value is -3.00. The van der Waals surface area contributed by atoms with E-state index in [0.29, 0.717) is 16.0 Å². The van der Waals surface area contributed by atoms with Gasteiger partial charge in [0.25, 0.3) is 5.91 Å². The largest absolute Gasteiger partial charge is 0.462 e. The highest BCUT2D eigenvalue weighted by atomic mass is 32.1. The highest BCUT2D eigenvalue weighted by Crippen LogP contribution is 2.34. The summed E-state index contributed by atoms with van der Waals surface area (Å²) < 4.78 is 5.09. The Balaban J connectivity index is 2.17. The first kappa shape index (κ1) is 23.3. The second-order valence-corrected chi connectivity index (χ2v) is 8.04. The van der Waals surface area contributed by atoms with Gasteiger partial charge in [0.1, 0.15) is 5.00 Å². The van der Waals surface area contributed by atoms with Crippen molar-refractivity contribution in [2.24, 2.45) is 0 Å². The van der Waals surface area contributed by atoms with Gasteiger partial charge in [-0.3, -0.25) is 14.4 Å². The van der Waals surface area contributed by atoms with Crippen LogP contribution in [0.1, 0.15) is 61.3 Å². The minimum absolute atomic E-state index is 0.0388. The number of hydrogen-bond acceptors (Lipinski definition) is 6. The number of benzene rings is 1. The number of amides is 2. The third-order valence-electron chi connectivity index (χ3n) is 4.43. The first-order valence-electron chi connectivity index (χ1n) is 9.57. The van der Waals surface area contributed by atoms with Crippen molar-refractivity contribution in [3.8, 4) is 0 Å². The molecular formula is C22H26N2O5S. The summed E-state index contributed by atoms with van der Waals surface area (Å²) in [5.74, 6) is -1.42. The van der Waals surface area contributed by atoms with E-state index in [0.717, 1.165) is 16.9 Å². The van der Waals surface area contributed by atoms with Crippen molar-refractivity contribution >= 4 is 39.9 Å². The number of esters is 1. The molecule has 1 heterocycles. The predicted molar refractivity (Wildman–Crippen MR) is 116 cm³/mol. The van der Waals surface area contributed by atoms with Gasteiger partial charge in [-0.05, 0) is 26.3 Å². The topological polar surface area (TPSA) is 92.8 Å². The molecule has 1 N–H and O–H groups in total. The zero-order valence-electron chi connectivity index (χ0n) is 17.8. The molecule has 0 spiro atoms. The van der Waals surface area contributed by atoms with Crippen LogP contribution in [0.25, 0.3) is 0 Å². The number of nitrogens with zero attached hydrogens (tertiary/aromatic N) is 1. The lowest BCUT2D eigenvalue weighted by Crippen LogP contribution is -2.21. The van der Waals surface area contributed by atoms with Crippen LogP contribution in [0.2, 0.25) is 0 Å². The molecule has 0 atom stereocenters. The van der Waals surface area contributed by atoms with E-state index in [2.05, 4.69) is 5.32 Å². The summed E-state index contributed by atoms with van der Waals surface area (Å²) in [5.41, 5.74) is 2.23. The van der Waals surface area contributed by atoms with Gasteiger partial charge < -0.3 is 15.0 Å². The molecule has 0 aliphatic heterocycles. The maximum Gasteiger partial charge on any atom is 0.341 e. The molecule has 0 saturated carbocycles. The lowest BCUT2D eigenvalue weighted by Gasteiger charge is -2.09. The van der Waals surface area contributed by atoms with Crippen molar-refractivity contribution in [1.29, 1.82) is 0 Å². The molecule has 2 amide bonds. The predicted octanol–water partition coefficient (Wildman–Crippen LogP) is 3.85. The number of nitrogens with one attached hydrogen (secondary N) is 1.